The third-order valence-corrected chi connectivity index (χ3v) is 5.13. The predicted molar refractivity (Wildman–Crippen MR) is 90.4 cm³/mol. The minimum Gasteiger partial charge on any atom is -0.544 e. The molecule has 0 saturated heterocycles. The number of carbonyl (C=O) groups is 1. The molecule has 0 amide bonds. The van der Waals surface area contributed by atoms with E-state index in [0.717, 1.165) is 26.6 Å². The maximum absolute atomic E-state index is 11.5. The van der Waals surface area contributed by atoms with Crippen molar-refractivity contribution < 1.29 is 20.3 Å². The monoisotopic (exact) mass is 386 g/mol. The predicted octanol–water partition coefficient (Wildman–Crippen LogP) is 0.963. The van der Waals surface area contributed by atoms with E-state index in [0.29, 0.717) is 12.0 Å². The fraction of sp³-hybridized carbons (Fsp3) is 0.167. The highest BCUT2D eigenvalue weighted by molar-refractivity contribution is 9.10. The van der Waals surface area contributed by atoms with Crippen molar-refractivity contribution in [2.75, 3.05) is 0 Å². The van der Waals surface area contributed by atoms with E-state index in [4.69, 9.17) is 0 Å². The molecule has 1 aromatic heterocycles. The lowest BCUT2D eigenvalue weighted by atomic mass is 9.90. The van der Waals surface area contributed by atoms with E-state index in [-0.39, 0.29) is 11.8 Å². The molecule has 0 radical (unpaired) electrons. The van der Waals surface area contributed by atoms with Crippen LogP contribution in [-0.4, -0.2) is 22.1 Å². The summed E-state index contributed by atoms with van der Waals surface area (Å²) in [5, 5.41) is 24.6. The smallest absolute Gasteiger partial charge is 0.157 e. The summed E-state index contributed by atoms with van der Waals surface area (Å²) in [6.07, 6.45) is 0.396. The number of aromatic nitrogens is 1. The second kappa shape index (κ2) is 5.65. The van der Waals surface area contributed by atoms with Crippen LogP contribution >= 0.6 is 15.9 Å². The largest absolute Gasteiger partial charge is 0.544 e. The van der Waals surface area contributed by atoms with Gasteiger partial charge in [-0.2, -0.15) is 0 Å². The lowest BCUT2D eigenvalue weighted by Crippen LogP contribution is -2.95. The standard InChI is InChI=1S/C18H15BrN2O3/c19-9-5-6-15(22)12(7-9)17-16-11(8-14(21-17)18(23)24)10-3-1-2-4-13(10)20-16/h1-7,14,17,20-22H,8H2,(H,23,24)/t14-,17-/m0/s1. The average Bonchev–Trinajstić information content (AvgIpc) is 2.95. The first kappa shape index (κ1) is 15.2. The molecular weight excluding hydrogens is 372 g/mol. The topological polar surface area (TPSA) is 92.8 Å². The van der Waals surface area contributed by atoms with Gasteiger partial charge in [0.1, 0.15) is 11.8 Å². The van der Waals surface area contributed by atoms with Crippen molar-refractivity contribution in [1.29, 1.82) is 0 Å². The fourth-order valence-electron chi connectivity index (χ4n) is 3.52. The Bertz CT molecular complexity index is 951. The van der Waals surface area contributed by atoms with Crippen LogP contribution in [0.4, 0.5) is 0 Å². The van der Waals surface area contributed by atoms with E-state index >= 15 is 0 Å². The van der Waals surface area contributed by atoms with Crippen molar-refractivity contribution in [3.05, 3.63) is 63.8 Å². The molecule has 2 aromatic carbocycles. The number of aromatic hydroxyl groups is 1. The fourth-order valence-corrected chi connectivity index (χ4v) is 3.90. The van der Waals surface area contributed by atoms with Crippen molar-refractivity contribution in [2.45, 2.75) is 18.5 Å². The zero-order chi connectivity index (χ0) is 16.8. The van der Waals surface area contributed by atoms with Crippen LogP contribution in [0.25, 0.3) is 10.9 Å². The Morgan fingerprint density at radius 3 is 2.88 bits per heavy atom. The Balaban J connectivity index is 1.94. The van der Waals surface area contributed by atoms with Crippen LogP contribution in [0.1, 0.15) is 22.9 Å². The maximum Gasteiger partial charge on any atom is 0.157 e. The zero-order valence-corrected chi connectivity index (χ0v) is 14.2. The second-order valence-electron chi connectivity index (χ2n) is 6.07. The van der Waals surface area contributed by atoms with Gasteiger partial charge >= 0.3 is 0 Å². The first-order chi connectivity index (χ1) is 11.5. The molecule has 2 atom stereocenters. The van der Waals surface area contributed by atoms with Gasteiger partial charge in [-0.25, -0.2) is 0 Å². The van der Waals surface area contributed by atoms with E-state index in [9.17, 15) is 15.0 Å². The number of nitrogens with one attached hydrogen (secondary N) is 1. The van der Waals surface area contributed by atoms with Gasteiger partial charge in [0, 0.05) is 21.8 Å². The summed E-state index contributed by atoms with van der Waals surface area (Å²) in [6.45, 7) is 0. The number of nitrogens with two attached hydrogens (primary N) is 1. The van der Waals surface area contributed by atoms with Gasteiger partial charge in [0.25, 0.3) is 0 Å². The summed E-state index contributed by atoms with van der Waals surface area (Å²) in [5.41, 5.74) is 3.55. The van der Waals surface area contributed by atoms with Gasteiger partial charge in [0.2, 0.25) is 0 Å². The second-order valence-corrected chi connectivity index (χ2v) is 6.98. The van der Waals surface area contributed by atoms with Gasteiger partial charge in [0.15, 0.2) is 6.04 Å². The molecule has 1 aliphatic heterocycles. The minimum absolute atomic E-state index is 0.142. The van der Waals surface area contributed by atoms with Gasteiger partial charge in [-0.1, -0.05) is 34.1 Å². The number of carbonyl (C=O) groups excluding carboxylic acids is 1. The number of hydrogen-bond acceptors (Lipinski definition) is 3. The number of phenols is 1. The Morgan fingerprint density at radius 1 is 1.29 bits per heavy atom. The Kier molecular flexibility index (Phi) is 3.58. The van der Waals surface area contributed by atoms with Gasteiger partial charge < -0.3 is 25.3 Å². The summed E-state index contributed by atoms with van der Waals surface area (Å²) in [4.78, 5) is 14.9. The van der Waals surface area contributed by atoms with Crippen molar-refractivity contribution >= 4 is 32.8 Å². The lowest BCUT2D eigenvalue weighted by Gasteiger charge is -2.29. The summed E-state index contributed by atoms with van der Waals surface area (Å²) >= 11 is 3.42. The molecule has 4 N–H and O–H groups in total. The summed E-state index contributed by atoms with van der Waals surface area (Å²) in [6, 6.07) is 12.0. The number of phenolic OH excluding ortho intramolecular Hbond substituents is 1. The van der Waals surface area contributed by atoms with Crippen LogP contribution < -0.4 is 10.4 Å². The summed E-state index contributed by atoms with van der Waals surface area (Å²) < 4.78 is 0.830. The first-order valence-electron chi connectivity index (χ1n) is 7.68. The lowest BCUT2D eigenvalue weighted by molar-refractivity contribution is -0.717. The van der Waals surface area contributed by atoms with Crippen LogP contribution in [0.3, 0.4) is 0 Å². The van der Waals surface area contributed by atoms with E-state index in [1.807, 2.05) is 30.3 Å². The quantitative estimate of drug-likeness (QED) is 0.612. The number of carboxylic acids is 1. The SMILES string of the molecule is O=C([O-])[C@@H]1Cc2c([nH]c3ccccc23)[C@H](c2cc(Br)ccc2O)[NH2+]1. The van der Waals surface area contributed by atoms with E-state index in [1.54, 1.807) is 17.4 Å². The number of rotatable bonds is 2. The number of quaternary nitrogens is 1. The van der Waals surface area contributed by atoms with E-state index in [2.05, 4.69) is 20.9 Å². The molecule has 4 rings (SSSR count). The van der Waals surface area contributed by atoms with Gasteiger partial charge in [0.05, 0.1) is 17.2 Å². The number of aromatic amines is 1. The molecule has 0 bridgehead atoms. The normalized spacial score (nSPS) is 20.0. The molecule has 2 heterocycles. The molecule has 0 aliphatic carbocycles. The third kappa shape index (κ3) is 2.39. The molecule has 122 valence electrons. The van der Waals surface area contributed by atoms with Crippen molar-refractivity contribution in [1.82, 2.24) is 4.98 Å². The Labute approximate surface area is 146 Å². The summed E-state index contributed by atoms with van der Waals surface area (Å²) in [5.74, 6) is -0.950. The molecule has 1 aliphatic rings. The number of aliphatic carboxylic acids is 1. The average molecular weight is 387 g/mol. The third-order valence-electron chi connectivity index (χ3n) is 4.63. The number of H-pyrrole nitrogens is 1. The Hall–Kier alpha value is -2.31. The molecular formula is C18H15BrN2O3. The Morgan fingerprint density at radius 2 is 2.08 bits per heavy atom. The molecule has 3 aromatic rings. The molecule has 24 heavy (non-hydrogen) atoms. The molecule has 0 saturated carbocycles. The highest BCUT2D eigenvalue weighted by Crippen LogP contribution is 2.35. The van der Waals surface area contributed by atoms with Crippen molar-refractivity contribution in [3.8, 4) is 5.75 Å². The van der Waals surface area contributed by atoms with Gasteiger partial charge in [-0.15, -0.1) is 0 Å². The number of carboxylic acid groups (broad SMARTS) is 1. The number of hydrogen-bond donors (Lipinski definition) is 3. The molecule has 0 unspecified atom stereocenters. The number of para-hydroxylation sites is 1. The van der Waals surface area contributed by atoms with Crippen molar-refractivity contribution in [3.63, 3.8) is 0 Å². The molecule has 0 spiro atoms. The number of benzene rings is 2. The van der Waals surface area contributed by atoms with Crippen LogP contribution in [0, 0.1) is 0 Å². The first-order valence-corrected chi connectivity index (χ1v) is 8.47. The molecule has 0 fully saturated rings. The number of fused-ring (bicyclic) bond motifs is 3. The van der Waals surface area contributed by atoms with Crippen LogP contribution in [0.5, 0.6) is 5.75 Å². The van der Waals surface area contributed by atoms with Crippen LogP contribution in [0.15, 0.2) is 46.9 Å². The zero-order valence-electron chi connectivity index (χ0n) is 12.6. The highest BCUT2D eigenvalue weighted by atomic mass is 79.9. The molecule has 5 nitrogen and oxygen atoms in total. The number of halogens is 1. The van der Waals surface area contributed by atoms with Crippen molar-refractivity contribution in [2.24, 2.45) is 0 Å². The van der Waals surface area contributed by atoms with Gasteiger partial charge in [-0.3, -0.25) is 0 Å². The van der Waals surface area contributed by atoms with Crippen LogP contribution in [-0.2, 0) is 11.2 Å². The summed E-state index contributed by atoms with van der Waals surface area (Å²) in [7, 11) is 0. The van der Waals surface area contributed by atoms with Gasteiger partial charge in [-0.05, 0) is 29.8 Å². The highest BCUT2D eigenvalue weighted by Gasteiger charge is 2.36. The minimum atomic E-state index is -1.09. The van der Waals surface area contributed by atoms with E-state index < -0.39 is 12.0 Å². The van der Waals surface area contributed by atoms with E-state index in [1.165, 1.54) is 0 Å². The maximum atomic E-state index is 11.5. The van der Waals surface area contributed by atoms with Crippen LogP contribution in [0.2, 0.25) is 0 Å². The molecule has 6 heteroatoms.